The Bertz CT molecular complexity index is 968. The van der Waals surface area contributed by atoms with E-state index in [4.69, 9.17) is 0 Å². The van der Waals surface area contributed by atoms with Crippen LogP contribution < -0.4 is 4.74 Å². The van der Waals surface area contributed by atoms with E-state index in [9.17, 15) is 18.9 Å². The number of pyridine rings is 1. The second-order valence-corrected chi connectivity index (χ2v) is 6.34. The van der Waals surface area contributed by atoms with Gasteiger partial charge in [0.25, 0.3) is 5.69 Å². The maximum Gasteiger partial charge on any atom is 0.387 e. The van der Waals surface area contributed by atoms with E-state index in [0.717, 1.165) is 5.56 Å². The summed E-state index contributed by atoms with van der Waals surface area (Å²) in [4.78, 5) is 15.0. The molecule has 2 heterocycles. The number of aromatic amines is 1. The molecule has 0 saturated carbocycles. The Morgan fingerprint density at radius 3 is 2.67 bits per heavy atom. The lowest BCUT2D eigenvalue weighted by Crippen LogP contribution is -2.29. The van der Waals surface area contributed by atoms with Gasteiger partial charge in [-0.3, -0.25) is 15.2 Å². The maximum absolute atomic E-state index is 12.8. The smallest absolute Gasteiger partial charge is 0.387 e. The molecule has 3 rings (SSSR count). The number of alkyl halides is 2. The van der Waals surface area contributed by atoms with Crippen LogP contribution in [0.3, 0.4) is 0 Å². The molecule has 0 amide bonds. The van der Waals surface area contributed by atoms with Crippen LogP contribution in [0.5, 0.6) is 5.75 Å². The number of rotatable bonds is 6. The predicted octanol–water partition coefficient (Wildman–Crippen LogP) is 1.45. The van der Waals surface area contributed by atoms with Crippen LogP contribution in [0.1, 0.15) is 11.3 Å². The van der Waals surface area contributed by atoms with Gasteiger partial charge in [0.05, 0.1) is 11.1 Å². The molecule has 0 spiro atoms. The largest absolute Gasteiger partial charge is 0.432 e. The Kier molecular flexibility index (Phi) is 4.93. The highest BCUT2D eigenvalue weighted by Crippen LogP contribution is 2.34. The number of ether oxygens (including phenoxy) is 1. The van der Waals surface area contributed by atoms with Crippen LogP contribution in [0.25, 0.3) is 11.3 Å². The number of hydrogen-bond acceptors (Lipinski definition) is 5. The number of hydrogen-bond donors (Lipinski definition) is 1. The van der Waals surface area contributed by atoms with E-state index in [1.807, 2.05) is 15.7 Å². The van der Waals surface area contributed by atoms with E-state index in [-0.39, 0.29) is 17.1 Å². The number of non-ortho nitro benzene ring substituents is 1. The third-order valence-corrected chi connectivity index (χ3v) is 4.26. The van der Waals surface area contributed by atoms with Crippen molar-refractivity contribution in [3.05, 3.63) is 70.2 Å². The van der Waals surface area contributed by atoms with Crippen LogP contribution in [0, 0.1) is 10.1 Å². The summed E-state index contributed by atoms with van der Waals surface area (Å²) < 4.78 is 30.2. The standard InChI is InChI=1S/C16H14B2F2N4O3/c17-16(18,10-7-21-22-8-10)13-5-4-12(27-15(19)20)14(23-13)9-2-1-3-11(6-9)24(25)26/h1-8,15H,17-18H2,(H,21,22). The van der Waals surface area contributed by atoms with E-state index < -0.39 is 16.7 Å². The summed E-state index contributed by atoms with van der Waals surface area (Å²) in [5, 5.41) is 17.1. The Balaban J connectivity index is 2.15. The zero-order valence-corrected chi connectivity index (χ0v) is 14.5. The van der Waals surface area contributed by atoms with Crippen molar-refractivity contribution in [1.29, 1.82) is 0 Å². The fraction of sp³-hybridized carbons (Fsp3) is 0.125. The Morgan fingerprint density at radius 2 is 2.04 bits per heavy atom. The molecular weight excluding hydrogens is 356 g/mol. The number of nitro benzene ring substituents is 1. The first-order chi connectivity index (χ1) is 12.8. The molecule has 2 aromatic heterocycles. The van der Waals surface area contributed by atoms with Gasteiger partial charge in [0.15, 0.2) is 5.75 Å². The van der Waals surface area contributed by atoms with Crippen LogP contribution in [0.15, 0.2) is 48.8 Å². The van der Waals surface area contributed by atoms with E-state index in [1.54, 1.807) is 24.5 Å². The molecule has 0 unspecified atom stereocenters. The van der Waals surface area contributed by atoms with Gasteiger partial charge in [-0.1, -0.05) is 12.1 Å². The molecule has 0 atom stereocenters. The molecule has 136 valence electrons. The van der Waals surface area contributed by atoms with Gasteiger partial charge < -0.3 is 4.74 Å². The van der Waals surface area contributed by atoms with Gasteiger partial charge in [0.2, 0.25) is 0 Å². The second-order valence-electron chi connectivity index (χ2n) is 6.34. The summed E-state index contributed by atoms with van der Waals surface area (Å²) in [6.07, 6.45) is 3.37. The third-order valence-electron chi connectivity index (χ3n) is 4.26. The first-order valence-electron chi connectivity index (χ1n) is 7.99. The van der Waals surface area contributed by atoms with Crippen LogP contribution in [0.4, 0.5) is 14.5 Å². The summed E-state index contributed by atoms with van der Waals surface area (Å²) in [6, 6.07) is 8.60. The van der Waals surface area contributed by atoms with Crippen molar-refractivity contribution in [3.8, 4) is 17.0 Å². The lowest BCUT2D eigenvalue weighted by Gasteiger charge is -2.24. The number of aromatic nitrogens is 3. The van der Waals surface area contributed by atoms with Crippen LogP contribution in [-0.2, 0) is 5.21 Å². The van der Waals surface area contributed by atoms with E-state index in [1.165, 1.54) is 24.3 Å². The fourth-order valence-electron chi connectivity index (χ4n) is 2.70. The normalized spacial score (nSPS) is 11.5. The number of nitrogens with one attached hydrogen (secondary N) is 1. The van der Waals surface area contributed by atoms with Gasteiger partial charge in [-0.2, -0.15) is 13.9 Å². The molecular formula is C16H14B2F2N4O3. The van der Waals surface area contributed by atoms with Gasteiger partial charge in [-0.05, 0) is 22.9 Å². The van der Waals surface area contributed by atoms with Gasteiger partial charge >= 0.3 is 6.61 Å². The van der Waals surface area contributed by atoms with E-state index in [0.29, 0.717) is 11.3 Å². The molecule has 11 heteroatoms. The monoisotopic (exact) mass is 370 g/mol. The minimum Gasteiger partial charge on any atom is -0.432 e. The van der Waals surface area contributed by atoms with Crippen molar-refractivity contribution < 1.29 is 18.4 Å². The molecule has 0 fully saturated rings. The fourth-order valence-corrected chi connectivity index (χ4v) is 2.70. The zero-order valence-electron chi connectivity index (χ0n) is 14.5. The Hall–Kier alpha value is -3.23. The van der Waals surface area contributed by atoms with Crippen molar-refractivity contribution in [2.75, 3.05) is 0 Å². The molecule has 27 heavy (non-hydrogen) atoms. The molecule has 1 N–H and O–H groups in total. The lowest BCUT2D eigenvalue weighted by molar-refractivity contribution is -0.384. The van der Waals surface area contributed by atoms with E-state index in [2.05, 4.69) is 19.9 Å². The van der Waals surface area contributed by atoms with Gasteiger partial charge in [-0.25, -0.2) is 4.98 Å². The quantitative estimate of drug-likeness (QED) is 0.403. The molecule has 0 aliphatic rings. The second kappa shape index (κ2) is 7.18. The van der Waals surface area contributed by atoms with Gasteiger partial charge in [0.1, 0.15) is 21.4 Å². The Labute approximate surface area is 154 Å². The molecule has 0 bridgehead atoms. The highest BCUT2D eigenvalue weighted by atomic mass is 19.3. The molecule has 7 nitrogen and oxygen atoms in total. The van der Waals surface area contributed by atoms with E-state index >= 15 is 0 Å². The van der Waals surface area contributed by atoms with Crippen LogP contribution in [0.2, 0.25) is 0 Å². The van der Waals surface area contributed by atoms with Crippen molar-refractivity contribution in [2.24, 2.45) is 0 Å². The maximum atomic E-state index is 12.8. The number of nitrogens with zero attached hydrogens (tertiary/aromatic N) is 3. The molecule has 0 saturated heterocycles. The third kappa shape index (κ3) is 3.81. The lowest BCUT2D eigenvalue weighted by atomic mass is 9.50. The highest BCUT2D eigenvalue weighted by molar-refractivity contribution is 6.42. The molecule has 1 aromatic carbocycles. The van der Waals surface area contributed by atoms with Crippen molar-refractivity contribution >= 4 is 21.4 Å². The van der Waals surface area contributed by atoms with Crippen molar-refractivity contribution in [2.45, 2.75) is 11.8 Å². The molecule has 0 radical (unpaired) electrons. The van der Waals surface area contributed by atoms with Gasteiger partial charge in [-0.15, -0.1) is 0 Å². The molecule has 0 aliphatic heterocycles. The van der Waals surface area contributed by atoms with Crippen molar-refractivity contribution in [1.82, 2.24) is 15.2 Å². The first-order valence-corrected chi connectivity index (χ1v) is 7.99. The minimum absolute atomic E-state index is 0.105. The minimum atomic E-state index is -3.04. The topological polar surface area (TPSA) is 93.9 Å². The number of nitro groups is 1. The summed E-state index contributed by atoms with van der Waals surface area (Å²) in [7, 11) is 3.82. The molecule has 3 aromatic rings. The zero-order chi connectivity index (χ0) is 19.6. The summed E-state index contributed by atoms with van der Waals surface area (Å²) in [5.74, 6) is -0.155. The number of H-pyrrole nitrogens is 1. The Morgan fingerprint density at radius 1 is 1.26 bits per heavy atom. The summed E-state index contributed by atoms with van der Waals surface area (Å²) >= 11 is 0. The molecule has 0 aliphatic carbocycles. The average molecular weight is 370 g/mol. The van der Waals surface area contributed by atoms with Crippen LogP contribution in [-0.4, -0.2) is 42.4 Å². The van der Waals surface area contributed by atoms with Crippen LogP contribution >= 0.6 is 0 Å². The highest BCUT2D eigenvalue weighted by Gasteiger charge is 2.27. The van der Waals surface area contributed by atoms with Crippen molar-refractivity contribution in [3.63, 3.8) is 0 Å². The first kappa shape index (κ1) is 18.6. The van der Waals surface area contributed by atoms with Gasteiger partial charge in [0, 0.05) is 29.6 Å². The average Bonchev–Trinajstić information content (AvgIpc) is 3.17. The SMILES string of the molecule is BC(B)(c1cn[nH]c1)c1ccc(OC(F)F)c(-c2cccc([N+](=O)[O-])c2)n1. The summed E-state index contributed by atoms with van der Waals surface area (Å²) in [5.41, 5.74) is 1.67. The summed E-state index contributed by atoms with van der Waals surface area (Å²) in [6.45, 7) is -3.04. The number of halogens is 2. The predicted molar refractivity (Wildman–Crippen MR) is 99.4 cm³/mol. The number of benzene rings is 1.